The number of allylic oxidation sites excluding steroid dienone is 1. The summed E-state index contributed by atoms with van der Waals surface area (Å²) in [5.41, 5.74) is -0.670. The van der Waals surface area contributed by atoms with Gasteiger partial charge in [-0.25, -0.2) is 0 Å². The summed E-state index contributed by atoms with van der Waals surface area (Å²) in [6.07, 6.45) is 4.49. The van der Waals surface area contributed by atoms with Gasteiger partial charge < -0.3 is 9.64 Å². The molecule has 26 heavy (non-hydrogen) atoms. The summed E-state index contributed by atoms with van der Waals surface area (Å²) in [6, 6.07) is 2.06. The molecule has 1 spiro atoms. The van der Waals surface area contributed by atoms with Crippen molar-refractivity contribution in [3.05, 3.63) is 11.6 Å². The minimum absolute atomic E-state index is 0.0682. The predicted molar refractivity (Wildman–Crippen MR) is 95.0 cm³/mol. The van der Waals surface area contributed by atoms with Gasteiger partial charge in [-0.3, -0.25) is 14.5 Å². The SMILES string of the molecule is CC1(C)CC2(C=C(C#N)C1=O)CN(C(=O)C1(CN3CCOCC3)CC1)C2. The highest BCUT2D eigenvalue weighted by Crippen LogP contribution is 2.53. The molecule has 4 aliphatic rings. The van der Waals surface area contributed by atoms with Gasteiger partial charge in [0.15, 0.2) is 5.78 Å². The Labute approximate surface area is 154 Å². The first-order valence-corrected chi connectivity index (χ1v) is 9.57. The molecule has 0 aromatic heterocycles. The minimum Gasteiger partial charge on any atom is -0.379 e. The molecule has 2 heterocycles. The maximum Gasteiger partial charge on any atom is 0.230 e. The summed E-state index contributed by atoms with van der Waals surface area (Å²) >= 11 is 0. The zero-order chi connectivity index (χ0) is 18.6. The summed E-state index contributed by atoms with van der Waals surface area (Å²) in [5.74, 6) is 0.192. The quantitative estimate of drug-likeness (QED) is 0.763. The Morgan fingerprint density at radius 1 is 1.27 bits per heavy atom. The third kappa shape index (κ3) is 2.87. The van der Waals surface area contributed by atoms with Crippen LogP contribution < -0.4 is 0 Å². The Morgan fingerprint density at radius 3 is 2.50 bits per heavy atom. The zero-order valence-corrected chi connectivity index (χ0v) is 15.7. The number of morpholine rings is 1. The molecule has 0 aromatic carbocycles. The lowest BCUT2D eigenvalue weighted by Gasteiger charge is -2.54. The summed E-state index contributed by atoms with van der Waals surface area (Å²) in [7, 11) is 0. The van der Waals surface area contributed by atoms with E-state index in [0.29, 0.717) is 19.5 Å². The molecule has 6 heteroatoms. The first kappa shape index (κ1) is 17.7. The zero-order valence-electron chi connectivity index (χ0n) is 15.7. The number of Topliss-reactive ketones (excluding diaryl/α,β-unsaturated/α-hetero) is 1. The number of rotatable bonds is 3. The van der Waals surface area contributed by atoms with Crippen molar-refractivity contribution in [2.45, 2.75) is 33.1 Å². The molecular formula is C20H27N3O3. The van der Waals surface area contributed by atoms with Crippen LogP contribution in [0, 0.1) is 27.6 Å². The lowest BCUT2D eigenvalue weighted by atomic mass is 9.61. The molecule has 2 saturated heterocycles. The van der Waals surface area contributed by atoms with Crippen LogP contribution in [0.15, 0.2) is 11.6 Å². The van der Waals surface area contributed by atoms with E-state index in [1.807, 2.05) is 24.8 Å². The van der Waals surface area contributed by atoms with E-state index >= 15 is 0 Å². The molecule has 0 aromatic rings. The average Bonchev–Trinajstić information content (AvgIpc) is 3.36. The van der Waals surface area contributed by atoms with E-state index in [-0.39, 0.29) is 28.1 Å². The summed E-state index contributed by atoms with van der Waals surface area (Å²) in [6.45, 7) is 9.25. The van der Waals surface area contributed by atoms with Gasteiger partial charge >= 0.3 is 0 Å². The van der Waals surface area contributed by atoms with E-state index in [9.17, 15) is 14.9 Å². The van der Waals surface area contributed by atoms with E-state index in [1.165, 1.54) is 0 Å². The molecule has 3 fully saturated rings. The highest BCUT2D eigenvalue weighted by Gasteiger charge is 2.58. The van der Waals surface area contributed by atoms with Gasteiger partial charge in [0.05, 0.1) is 24.2 Å². The second-order valence-electron chi connectivity index (χ2n) is 9.25. The van der Waals surface area contributed by atoms with Crippen LogP contribution in [-0.2, 0) is 14.3 Å². The first-order valence-electron chi connectivity index (χ1n) is 9.57. The molecule has 0 atom stereocenters. The maximum absolute atomic E-state index is 13.1. The number of nitrogens with zero attached hydrogens (tertiary/aromatic N) is 3. The fraction of sp³-hybridized carbons (Fsp3) is 0.750. The molecule has 2 aliphatic carbocycles. The molecule has 0 unspecified atom stereocenters. The van der Waals surface area contributed by atoms with E-state index in [0.717, 1.165) is 45.7 Å². The number of ketones is 1. The van der Waals surface area contributed by atoms with Crippen LogP contribution in [-0.4, -0.2) is 67.4 Å². The van der Waals surface area contributed by atoms with Crippen LogP contribution in [0.25, 0.3) is 0 Å². The summed E-state index contributed by atoms with van der Waals surface area (Å²) in [5, 5.41) is 9.31. The van der Waals surface area contributed by atoms with Crippen LogP contribution in [0.5, 0.6) is 0 Å². The Hall–Kier alpha value is -1.71. The van der Waals surface area contributed by atoms with Gasteiger partial charge in [0.1, 0.15) is 6.07 Å². The Balaban J connectivity index is 1.43. The van der Waals surface area contributed by atoms with Crippen LogP contribution in [0.4, 0.5) is 0 Å². The van der Waals surface area contributed by atoms with Gasteiger partial charge in [-0.2, -0.15) is 5.26 Å². The molecule has 4 rings (SSSR count). The maximum atomic E-state index is 13.1. The Morgan fingerprint density at radius 2 is 1.92 bits per heavy atom. The lowest BCUT2D eigenvalue weighted by Crippen LogP contribution is -2.63. The molecule has 140 valence electrons. The lowest BCUT2D eigenvalue weighted by molar-refractivity contribution is -0.151. The smallest absolute Gasteiger partial charge is 0.230 e. The number of likely N-dealkylation sites (tertiary alicyclic amines) is 1. The van der Waals surface area contributed by atoms with Crippen LogP contribution in [0.2, 0.25) is 0 Å². The largest absolute Gasteiger partial charge is 0.379 e. The van der Waals surface area contributed by atoms with Crippen molar-refractivity contribution in [3.8, 4) is 6.07 Å². The van der Waals surface area contributed by atoms with Crippen LogP contribution >= 0.6 is 0 Å². The number of hydrogen-bond donors (Lipinski definition) is 0. The standard InChI is InChI=1S/C20H27N3O3/c1-18(2)11-19(9-15(10-21)16(18)24)12-23(13-19)17(25)20(3-4-20)14-22-5-7-26-8-6-22/h9H,3-8,11-14H2,1-2H3. The molecule has 0 N–H and O–H groups in total. The van der Waals surface area contributed by atoms with Gasteiger partial charge in [0, 0.05) is 43.6 Å². The van der Waals surface area contributed by atoms with Gasteiger partial charge in [-0.1, -0.05) is 19.9 Å². The van der Waals surface area contributed by atoms with Gasteiger partial charge in [0.25, 0.3) is 0 Å². The fourth-order valence-electron chi connectivity index (χ4n) is 5.00. The van der Waals surface area contributed by atoms with Gasteiger partial charge in [-0.15, -0.1) is 0 Å². The summed E-state index contributed by atoms with van der Waals surface area (Å²) in [4.78, 5) is 29.7. The van der Waals surface area contributed by atoms with Crippen molar-refractivity contribution >= 4 is 11.7 Å². The molecule has 0 bridgehead atoms. The summed E-state index contributed by atoms with van der Waals surface area (Å²) < 4.78 is 5.40. The van der Waals surface area contributed by atoms with Crippen molar-refractivity contribution in [1.29, 1.82) is 5.26 Å². The van der Waals surface area contributed by atoms with Crippen molar-refractivity contribution < 1.29 is 14.3 Å². The third-order valence-electron chi connectivity index (χ3n) is 6.46. The molecule has 1 amide bonds. The number of ether oxygens (including phenoxy) is 1. The number of carbonyl (C=O) groups is 2. The second-order valence-corrected chi connectivity index (χ2v) is 9.25. The van der Waals surface area contributed by atoms with Crippen molar-refractivity contribution in [2.75, 3.05) is 45.9 Å². The van der Waals surface area contributed by atoms with E-state index in [2.05, 4.69) is 11.0 Å². The third-order valence-corrected chi connectivity index (χ3v) is 6.46. The Bertz CT molecular complexity index is 702. The highest BCUT2D eigenvalue weighted by molar-refractivity contribution is 6.04. The number of hydrogen-bond acceptors (Lipinski definition) is 5. The van der Waals surface area contributed by atoms with Crippen LogP contribution in [0.1, 0.15) is 33.1 Å². The highest BCUT2D eigenvalue weighted by atomic mass is 16.5. The molecule has 6 nitrogen and oxygen atoms in total. The molecular weight excluding hydrogens is 330 g/mol. The predicted octanol–water partition coefficient (Wildman–Crippen LogP) is 1.38. The average molecular weight is 357 g/mol. The van der Waals surface area contributed by atoms with Gasteiger partial charge in [-0.05, 0) is 19.3 Å². The molecule has 0 radical (unpaired) electrons. The Kier molecular flexibility index (Phi) is 4.01. The minimum atomic E-state index is -0.528. The number of nitriles is 1. The van der Waals surface area contributed by atoms with E-state index in [4.69, 9.17) is 4.74 Å². The van der Waals surface area contributed by atoms with Crippen LogP contribution in [0.3, 0.4) is 0 Å². The van der Waals surface area contributed by atoms with Crippen molar-refractivity contribution in [2.24, 2.45) is 16.2 Å². The molecule has 1 saturated carbocycles. The molecule has 2 aliphatic heterocycles. The monoisotopic (exact) mass is 357 g/mol. The number of carbonyl (C=O) groups excluding carboxylic acids is 2. The van der Waals surface area contributed by atoms with Crippen molar-refractivity contribution in [1.82, 2.24) is 9.80 Å². The van der Waals surface area contributed by atoms with E-state index < -0.39 is 5.41 Å². The first-order chi connectivity index (χ1) is 12.3. The number of amides is 1. The second kappa shape index (κ2) is 5.90. The topological polar surface area (TPSA) is 73.6 Å². The van der Waals surface area contributed by atoms with E-state index in [1.54, 1.807) is 0 Å². The normalized spacial score (nSPS) is 28.9. The van der Waals surface area contributed by atoms with Crippen molar-refractivity contribution in [3.63, 3.8) is 0 Å². The van der Waals surface area contributed by atoms with Gasteiger partial charge in [0.2, 0.25) is 5.91 Å². The fourth-order valence-corrected chi connectivity index (χ4v) is 5.00.